The van der Waals surface area contributed by atoms with Crippen LogP contribution in [0.1, 0.15) is 80.1 Å². The quantitative estimate of drug-likeness (QED) is 0.199. The van der Waals surface area contributed by atoms with E-state index in [0.717, 1.165) is 31.3 Å². The molecule has 4 atom stereocenters. The van der Waals surface area contributed by atoms with Crippen molar-refractivity contribution in [3.63, 3.8) is 0 Å². The van der Waals surface area contributed by atoms with E-state index in [1.165, 1.54) is 6.08 Å². The van der Waals surface area contributed by atoms with E-state index in [1.807, 2.05) is 26.8 Å². The minimum atomic E-state index is -1.07. The molecule has 0 amide bonds. The lowest BCUT2D eigenvalue weighted by Gasteiger charge is -2.33. The van der Waals surface area contributed by atoms with Crippen LogP contribution < -0.4 is 5.73 Å². The number of carboxylic acid groups (broad SMARTS) is 1. The Bertz CT molecular complexity index is 757. The lowest BCUT2D eigenvalue weighted by atomic mass is 9.89. The van der Waals surface area contributed by atoms with Gasteiger partial charge in [-0.25, -0.2) is 4.79 Å². The third-order valence-electron chi connectivity index (χ3n) is 6.22. The number of esters is 1. The number of ether oxygens (including phenoxy) is 5. The highest BCUT2D eigenvalue weighted by molar-refractivity contribution is 5.85. The molecule has 1 saturated carbocycles. The van der Waals surface area contributed by atoms with Crippen LogP contribution in [0, 0.1) is 11.8 Å². The normalized spacial score (nSPS) is 27.2. The van der Waals surface area contributed by atoms with E-state index in [-0.39, 0.29) is 47.9 Å². The molecule has 2 aliphatic rings. The average molecular weight is 604 g/mol. The van der Waals surface area contributed by atoms with E-state index in [9.17, 15) is 14.7 Å². The highest BCUT2D eigenvalue weighted by Crippen LogP contribution is 2.31. The summed E-state index contributed by atoms with van der Waals surface area (Å²) in [5, 5.41) is 17.7. The number of carboxylic acids is 1. The number of methoxy groups -OCH3 is 3. The zero-order chi connectivity index (χ0) is 33.1. The lowest BCUT2D eigenvalue weighted by Crippen LogP contribution is -2.33. The standard InChI is InChI=1S/C22H36O5.C4H7NO2.2C2H6O.C2H6/c1-5-6-17-14-21(24)27-20(11-12-25-4)15(2)13-16(3)22(17)26-19-9-7-18(23)8-10-19;1-2-3(5)4(6)7;2*1-3-2;1-2/h5-6,13,15,17-20,22-23H,7-12,14H2,1-4H3;2H,5H2,1H3,(H,6,7);2*1-2H3;1-2H3/b6-5-,16-13+;3-2-;;;/t15-,17-,18?,19?,20-,22?;;;;/m1..../s1. The van der Waals surface area contributed by atoms with Gasteiger partial charge < -0.3 is 39.6 Å². The predicted octanol–water partition coefficient (Wildman–Crippen LogP) is 5.29. The fourth-order valence-electron chi connectivity index (χ4n) is 4.27. The summed E-state index contributed by atoms with van der Waals surface area (Å²) in [4.78, 5) is 22.3. The Morgan fingerprint density at radius 2 is 1.60 bits per heavy atom. The first-order chi connectivity index (χ1) is 19.9. The van der Waals surface area contributed by atoms with Crippen LogP contribution in [0.4, 0.5) is 0 Å². The fourth-order valence-corrected chi connectivity index (χ4v) is 4.27. The molecule has 0 aromatic rings. The number of rotatable bonds is 7. The van der Waals surface area contributed by atoms with Crippen LogP contribution in [0.15, 0.2) is 35.6 Å². The van der Waals surface area contributed by atoms with E-state index < -0.39 is 5.97 Å². The average Bonchev–Trinajstić information content (AvgIpc) is 2.99. The number of cyclic esters (lactones) is 1. The number of aliphatic carboxylic acids is 1. The summed E-state index contributed by atoms with van der Waals surface area (Å²) in [6.45, 7) is 12.3. The molecule has 1 fully saturated rings. The molecular weight excluding hydrogens is 542 g/mol. The van der Waals surface area contributed by atoms with Crippen molar-refractivity contribution < 1.29 is 43.5 Å². The molecule has 0 spiro atoms. The summed E-state index contributed by atoms with van der Waals surface area (Å²) in [6.07, 6.45) is 11.5. The molecule has 0 radical (unpaired) electrons. The molecule has 0 saturated heterocycles. The summed E-state index contributed by atoms with van der Waals surface area (Å²) < 4.78 is 26.0. The summed E-state index contributed by atoms with van der Waals surface area (Å²) in [7, 11) is 8.16. The summed E-state index contributed by atoms with van der Waals surface area (Å²) in [6, 6.07) is 0. The van der Waals surface area contributed by atoms with Gasteiger partial charge in [-0.2, -0.15) is 0 Å². The molecule has 1 aliphatic carbocycles. The first kappa shape index (κ1) is 44.2. The van der Waals surface area contributed by atoms with Gasteiger partial charge >= 0.3 is 11.9 Å². The van der Waals surface area contributed by atoms with Crippen LogP contribution in [0.5, 0.6) is 0 Å². The third kappa shape index (κ3) is 21.5. The number of hydrogen-bond donors (Lipinski definition) is 3. The van der Waals surface area contributed by atoms with Crippen molar-refractivity contribution >= 4 is 11.9 Å². The Morgan fingerprint density at radius 3 is 2.00 bits per heavy atom. The number of allylic oxidation sites excluding steroid dienone is 2. The maximum atomic E-state index is 12.6. The van der Waals surface area contributed by atoms with Crippen molar-refractivity contribution in [2.24, 2.45) is 17.6 Å². The van der Waals surface area contributed by atoms with Crippen molar-refractivity contribution in [2.75, 3.05) is 42.2 Å². The van der Waals surface area contributed by atoms with Crippen LogP contribution in [-0.4, -0.2) is 88.7 Å². The smallest absolute Gasteiger partial charge is 0.351 e. The van der Waals surface area contributed by atoms with Gasteiger partial charge in [0.25, 0.3) is 0 Å². The molecule has 1 heterocycles. The van der Waals surface area contributed by atoms with Crippen LogP contribution in [0.2, 0.25) is 0 Å². The van der Waals surface area contributed by atoms with Crippen molar-refractivity contribution in [2.45, 2.75) is 104 Å². The van der Waals surface area contributed by atoms with E-state index in [4.69, 9.17) is 25.1 Å². The Balaban J connectivity index is -0.000000845. The van der Waals surface area contributed by atoms with Crippen molar-refractivity contribution in [1.29, 1.82) is 0 Å². The Hall–Kier alpha value is -2.24. The van der Waals surface area contributed by atoms with E-state index >= 15 is 0 Å². The van der Waals surface area contributed by atoms with Gasteiger partial charge in [0.2, 0.25) is 0 Å². The highest BCUT2D eigenvalue weighted by atomic mass is 16.5. The second kappa shape index (κ2) is 28.9. The molecular formula is C32H61NO9. The number of hydrogen-bond acceptors (Lipinski definition) is 9. The molecule has 0 aromatic carbocycles. The molecule has 10 nitrogen and oxygen atoms in total. The summed E-state index contributed by atoms with van der Waals surface area (Å²) >= 11 is 0. The molecule has 248 valence electrons. The van der Waals surface area contributed by atoms with E-state index in [1.54, 1.807) is 42.5 Å². The maximum Gasteiger partial charge on any atom is 0.351 e. The second-order valence-electron chi connectivity index (χ2n) is 9.83. The van der Waals surface area contributed by atoms with Gasteiger partial charge in [-0.15, -0.1) is 0 Å². The summed E-state index contributed by atoms with van der Waals surface area (Å²) in [5.74, 6) is -1.18. The van der Waals surface area contributed by atoms with Crippen LogP contribution in [0.3, 0.4) is 0 Å². The zero-order valence-corrected chi connectivity index (χ0v) is 28.1. The van der Waals surface area contributed by atoms with E-state index in [2.05, 4.69) is 35.5 Å². The second-order valence-corrected chi connectivity index (χ2v) is 9.83. The Labute approximate surface area is 255 Å². The first-order valence-electron chi connectivity index (χ1n) is 14.7. The zero-order valence-electron chi connectivity index (χ0n) is 28.1. The maximum absolute atomic E-state index is 12.6. The van der Waals surface area contributed by atoms with Crippen molar-refractivity contribution in [3.8, 4) is 0 Å². The Kier molecular flexibility index (Phi) is 30.4. The molecule has 42 heavy (non-hydrogen) atoms. The summed E-state index contributed by atoms with van der Waals surface area (Å²) in [5.41, 5.74) is 5.92. The first-order valence-corrected chi connectivity index (χ1v) is 14.7. The van der Waals surface area contributed by atoms with Gasteiger partial charge in [0.05, 0.1) is 24.7 Å². The van der Waals surface area contributed by atoms with Crippen LogP contribution >= 0.6 is 0 Å². The number of carbonyl (C=O) groups excluding carboxylic acids is 1. The van der Waals surface area contributed by atoms with Gasteiger partial charge in [-0.3, -0.25) is 4.79 Å². The van der Waals surface area contributed by atoms with Crippen LogP contribution in [0.25, 0.3) is 0 Å². The Morgan fingerprint density at radius 1 is 1.07 bits per heavy atom. The highest BCUT2D eigenvalue weighted by Gasteiger charge is 2.33. The van der Waals surface area contributed by atoms with Gasteiger partial charge in [-0.1, -0.05) is 45.1 Å². The van der Waals surface area contributed by atoms with E-state index in [0.29, 0.717) is 19.4 Å². The largest absolute Gasteiger partial charge is 0.477 e. The minimum absolute atomic E-state index is 0.0426. The van der Waals surface area contributed by atoms with Crippen molar-refractivity contribution in [1.82, 2.24) is 0 Å². The molecule has 2 rings (SSSR count). The molecule has 10 heteroatoms. The molecule has 1 aliphatic heterocycles. The van der Waals surface area contributed by atoms with Gasteiger partial charge in [-0.05, 0) is 52.0 Å². The molecule has 0 aromatic heterocycles. The van der Waals surface area contributed by atoms with Crippen LogP contribution in [-0.2, 0) is 33.3 Å². The fraction of sp³-hybridized carbons (Fsp3) is 0.750. The monoisotopic (exact) mass is 603 g/mol. The van der Waals surface area contributed by atoms with Crippen molar-refractivity contribution in [3.05, 3.63) is 35.6 Å². The number of carbonyl (C=O) groups is 2. The topological polar surface area (TPSA) is 147 Å². The number of nitrogens with two attached hydrogens (primary N) is 1. The number of aliphatic hydroxyl groups excluding tert-OH is 1. The molecule has 4 N–H and O–H groups in total. The number of aliphatic hydroxyl groups is 1. The van der Waals surface area contributed by atoms with Gasteiger partial charge in [0.1, 0.15) is 11.8 Å². The minimum Gasteiger partial charge on any atom is -0.477 e. The third-order valence-corrected chi connectivity index (χ3v) is 6.22. The van der Waals surface area contributed by atoms with Gasteiger partial charge in [0, 0.05) is 60.4 Å². The molecule has 0 bridgehead atoms. The lowest BCUT2D eigenvalue weighted by molar-refractivity contribution is -0.153. The SMILES string of the molecule is C/C=C(\N)C(=O)O.C/C=C\[C@@H]1CC(=O)O[C@H](CCOC)[C@H](C)/C=C(\C)C1OC1CCC(O)CC1.CC.COC.COC. The predicted molar refractivity (Wildman–Crippen MR) is 168 cm³/mol. The molecule has 1 unspecified atom stereocenters. The van der Waals surface area contributed by atoms with Gasteiger partial charge in [0.15, 0.2) is 0 Å².